The number of nitrogens with zero attached hydrogens (tertiary/aromatic N) is 3. The average molecular weight is 219 g/mol. The molecule has 5 heteroatoms. The van der Waals surface area contributed by atoms with Crippen molar-refractivity contribution in [3.63, 3.8) is 0 Å². The van der Waals surface area contributed by atoms with Crippen molar-refractivity contribution in [1.29, 1.82) is 0 Å². The molecular formula is C10H9N3OS. The van der Waals surface area contributed by atoms with Gasteiger partial charge in [-0.05, 0) is 12.1 Å². The van der Waals surface area contributed by atoms with Gasteiger partial charge >= 0.3 is 0 Å². The van der Waals surface area contributed by atoms with Gasteiger partial charge in [-0.3, -0.25) is 14.3 Å². The van der Waals surface area contributed by atoms with Crippen molar-refractivity contribution in [3.8, 4) is 5.69 Å². The second-order valence-corrected chi connectivity index (χ2v) is 3.45. The second-order valence-electron chi connectivity index (χ2n) is 3.05. The number of carbonyl (C=O) groups is 1. The maximum Gasteiger partial charge on any atom is 0.178 e. The summed E-state index contributed by atoms with van der Waals surface area (Å²) in [5, 5.41) is 0.480. The molecule has 0 saturated heterocycles. The van der Waals surface area contributed by atoms with Crippen LogP contribution in [0.2, 0.25) is 0 Å². The Kier molecular flexibility index (Phi) is 2.55. The Morgan fingerprint density at radius 2 is 2.27 bits per heavy atom. The van der Waals surface area contributed by atoms with E-state index in [9.17, 15) is 4.79 Å². The number of Topliss-reactive ketones (excluding diaryl/α,β-unsaturated/α-hetero) is 1. The second kappa shape index (κ2) is 3.86. The lowest BCUT2D eigenvalue weighted by atomic mass is 10.3. The van der Waals surface area contributed by atoms with Gasteiger partial charge in [0.2, 0.25) is 0 Å². The molecule has 0 spiro atoms. The van der Waals surface area contributed by atoms with Gasteiger partial charge < -0.3 is 0 Å². The fourth-order valence-electron chi connectivity index (χ4n) is 1.33. The van der Waals surface area contributed by atoms with Crippen LogP contribution in [0.3, 0.4) is 0 Å². The smallest absolute Gasteiger partial charge is 0.178 e. The molecule has 0 unspecified atom stereocenters. The van der Waals surface area contributed by atoms with E-state index >= 15 is 0 Å². The van der Waals surface area contributed by atoms with E-state index < -0.39 is 0 Å². The summed E-state index contributed by atoms with van der Waals surface area (Å²) in [4.78, 5) is 19.3. The highest BCUT2D eigenvalue weighted by atomic mass is 32.1. The first-order chi connectivity index (χ1) is 7.20. The molecule has 0 fully saturated rings. The molecule has 4 nitrogen and oxygen atoms in total. The molecule has 76 valence electrons. The van der Waals surface area contributed by atoms with Crippen molar-refractivity contribution >= 4 is 18.4 Å². The number of thiol groups is 1. The Balaban J connectivity index is 2.62. The number of hydrogen-bond donors (Lipinski definition) is 1. The van der Waals surface area contributed by atoms with Crippen LogP contribution in [0.25, 0.3) is 5.69 Å². The Morgan fingerprint density at radius 3 is 2.87 bits per heavy atom. The molecule has 0 N–H and O–H groups in total. The summed E-state index contributed by atoms with van der Waals surface area (Å²) < 4.78 is 1.67. The maximum absolute atomic E-state index is 11.3. The Morgan fingerprint density at radius 1 is 1.47 bits per heavy atom. The lowest BCUT2D eigenvalue weighted by molar-refractivity contribution is 0.101. The van der Waals surface area contributed by atoms with Crippen molar-refractivity contribution in [2.45, 2.75) is 12.1 Å². The monoisotopic (exact) mass is 219 g/mol. The van der Waals surface area contributed by atoms with Gasteiger partial charge in [0.05, 0.1) is 18.1 Å². The lowest BCUT2D eigenvalue weighted by Crippen LogP contribution is -2.04. The highest BCUT2D eigenvalue weighted by Gasteiger charge is 2.12. The zero-order valence-electron chi connectivity index (χ0n) is 8.08. The Hall–Kier alpha value is -1.62. The minimum absolute atomic E-state index is 0.0494. The summed E-state index contributed by atoms with van der Waals surface area (Å²) in [5.74, 6) is -0.0494. The predicted octanol–water partition coefficient (Wildman–Crippen LogP) is 1.76. The Bertz CT molecular complexity index is 493. The summed E-state index contributed by atoms with van der Waals surface area (Å²) in [6.07, 6.45) is 4.84. The van der Waals surface area contributed by atoms with Crippen LogP contribution in [0.15, 0.2) is 35.9 Å². The first kappa shape index (κ1) is 9.92. The number of ketones is 1. The number of hydrogen-bond acceptors (Lipinski definition) is 4. The topological polar surface area (TPSA) is 47.8 Å². The van der Waals surface area contributed by atoms with Crippen LogP contribution in [-0.4, -0.2) is 20.3 Å². The zero-order valence-corrected chi connectivity index (χ0v) is 8.98. The van der Waals surface area contributed by atoms with E-state index in [4.69, 9.17) is 0 Å². The van der Waals surface area contributed by atoms with E-state index in [2.05, 4.69) is 22.6 Å². The molecule has 2 aromatic heterocycles. The molecule has 0 aliphatic rings. The molecule has 0 atom stereocenters. The van der Waals surface area contributed by atoms with Gasteiger partial charge in [-0.25, -0.2) is 4.98 Å². The first-order valence-electron chi connectivity index (χ1n) is 4.38. The fraction of sp³-hybridized carbons (Fsp3) is 0.100. The highest BCUT2D eigenvalue weighted by Crippen LogP contribution is 2.16. The van der Waals surface area contributed by atoms with Crippen LogP contribution < -0.4 is 0 Å². The van der Waals surface area contributed by atoms with E-state index in [0.29, 0.717) is 10.9 Å². The van der Waals surface area contributed by atoms with E-state index in [1.165, 1.54) is 13.1 Å². The molecule has 0 bridgehead atoms. The highest BCUT2D eigenvalue weighted by molar-refractivity contribution is 7.80. The number of aromatic nitrogens is 3. The van der Waals surface area contributed by atoms with Crippen molar-refractivity contribution in [2.24, 2.45) is 0 Å². The maximum atomic E-state index is 11.3. The van der Waals surface area contributed by atoms with Gasteiger partial charge in [-0.2, -0.15) is 0 Å². The summed E-state index contributed by atoms with van der Waals surface area (Å²) in [7, 11) is 0. The molecule has 15 heavy (non-hydrogen) atoms. The number of rotatable bonds is 2. The first-order valence-corrected chi connectivity index (χ1v) is 4.83. The summed E-state index contributed by atoms with van der Waals surface area (Å²) in [5.41, 5.74) is 1.29. The number of imidazole rings is 1. The third-order valence-corrected chi connectivity index (χ3v) is 2.32. The molecule has 0 saturated carbocycles. The Labute approximate surface area is 92.4 Å². The van der Waals surface area contributed by atoms with Crippen molar-refractivity contribution < 1.29 is 4.79 Å². The van der Waals surface area contributed by atoms with Gasteiger partial charge in [-0.1, -0.05) is 0 Å². The molecule has 0 aliphatic carbocycles. The fourth-order valence-corrected chi connectivity index (χ4v) is 1.61. The zero-order chi connectivity index (χ0) is 10.8. The van der Waals surface area contributed by atoms with Gasteiger partial charge in [0.1, 0.15) is 5.69 Å². The predicted molar refractivity (Wildman–Crippen MR) is 58.6 cm³/mol. The van der Waals surface area contributed by atoms with Crippen LogP contribution in [0.4, 0.5) is 0 Å². The van der Waals surface area contributed by atoms with Gasteiger partial charge in [-0.15, -0.1) is 12.6 Å². The SMILES string of the molecule is CC(=O)c1cnc(S)n1-c1cccnc1. The van der Waals surface area contributed by atoms with E-state index in [1.807, 2.05) is 6.07 Å². The normalized spacial score (nSPS) is 10.3. The minimum Gasteiger partial charge on any atom is -0.293 e. The van der Waals surface area contributed by atoms with Crippen molar-refractivity contribution in [1.82, 2.24) is 14.5 Å². The van der Waals surface area contributed by atoms with E-state index in [1.54, 1.807) is 23.0 Å². The van der Waals surface area contributed by atoms with Crippen LogP contribution in [0.1, 0.15) is 17.4 Å². The standard InChI is InChI=1S/C10H9N3OS/c1-7(14)9-6-12-10(15)13(9)8-3-2-4-11-5-8/h2-6H,1H3,(H,12,15). The molecule has 2 aromatic rings. The van der Waals surface area contributed by atoms with Crippen LogP contribution in [0, 0.1) is 0 Å². The van der Waals surface area contributed by atoms with Crippen molar-refractivity contribution in [2.75, 3.05) is 0 Å². The van der Waals surface area contributed by atoms with Crippen LogP contribution in [-0.2, 0) is 0 Å². The third-order valence-electron chi connectivity index (χ3n) is 2.01. The molecule has 0 amide bonds. The molecular weight excluding hydrogens is 210 g/mol. The molecule has 0 aliphatic heterocycles. The largest absolute Gasteiger partial charge is 0.293 e. The molecule has 0 radical (unpaired) electrons. The minimum atomic E-state index is -0.0494. The van der Waals surface area contributed by atoms with Crippen molar-refractivity contribution in [3.05, 3.63) is 36.4 Å². The summed E-state index contributed by atoms with van der Waals surface area (Å²) in [6.45, 7) is 1.50. The third kappa shape index (κ3) is 1.78. The van der Waals surface area contributed by atoms with E-state index in [-0.39, 0.29) is 5.78 Å². The number of carbonyl (C=O) groups excluding carboxylic acids is 1. The van der Waals surface area contributed by atoms with Gasteiger partial charge in [0, 0.05) is 13.1 Å². The molecule has 0 aromatic carbocycles. The number of pyridine rings is 1. The van der Waals surface area contributed by atoms with Gasteiger partial charge in [0.25, 0.3) is 0 Å². The van der Waals surface area contributed by atoms with Gasteiger partial charge in [0.15, 0.2) is 10.9 Å². The summed E-state index contributed by atoms with van der Waals surface area (Å²) >= 11 is 4.20. The van der Waals surface area contributed by atoms with Crippen LogP contribution >= 0.6 is 12.6 Å². The van der Waals surface area contributed by atoms with E-state index in [0.717, 1.165) is 5.69 Å². The quantitative estimate of drug-likeness (QED) is 0.618. The summed E-state index contributed by atoms with van der Waals surface area (Å²) in [6, 6.07) is 3.65. The average Bonchev–Trinajstić information content (AvgIpc) is 2.61. The molecule has 2 heterocycles. The van der Waals surface area contributed by atoms with Crippen LogP contribution in [0.5, 0.6) is 0 Å². The molecule has 2 rings (SSSR count). The lowest BCUT2D eigenvalue weighted by Gasteiger charge is -2.06.